The van der Waals surface area contributed by atoms with Gasteiger partial charge in [-0.3, -0.25) is 0 Å². The molecule has 0 amide bonds. The zero-order valence-corrected chi connectivity index (χ0v) is 20.5. The molecule has 1 fully saturated rings. The second-order valence-corrected chi connectivity index (χ2v) is 9.93. The molecule has 0 radical (unpaired) electrons. The molecule has 1 aliphatic carbocycles. The summed E-state index contributed by atoms with van der Waals surface area (Å²) >= 11 is 12.9. The van der Waals surface area contributed by atoms with Crippen LogP contribution >= 0.6 is 23.2 Å². The minimum absolute atomic E-state index is 0.00651. The van der Waals surface area contributed by atoms with E-state index in [4.69, 9.17) is 37.7 Å². The van der Waals surface area contributed by atoms with Crippen molar-refractivity contribution in [2.45, 2.75) is 44.6 Å². The van der Waals surface area contributed by atoms with E-state index < -0.39 is 0 Å². The second-order valence-electron chi connectivity index (χ2n) is 9.08. The third kappa shape index (κ3) is 4.70. The fourth-order valence-electron chi connectivity index (χ4n) is 4.30. The summed E-state index contributed by atoms with van der Waals surface area (Å²) in [7, 11) is 1.65. The van der Waals surface area contributed by atoms with Crippen molar-refractivity contribution in [3.05, 3.63) is 69.6 Å². The first-order valence-corrected chi connectivity index (χ1v) is 12.0. The lowest BCUT2D eigenvalue weighted by molar-refractivity contribution is 0.192. The predicted octanol–water partition coefficient (Wildman–Crippen LogP) is 6.35. The van der Waals surface area contributed by atoms with E-state index in [0.717, 1.165) is 47.5 Å². The van der Waals surface area contributed by atoms with Crippen molar-refractivity contribution in [3.63, 3.8) is 0 Å². The predicted molar refractivity (Wildman–Crippen MR) is 133 cm³/mol. The summed E-state index contributed by atoms with van der Waals surface area (Å²) in [6.45, 7) is 2.08. The van der Waals surface area contributed by atoms with Crippen molar-refractivity contribution in [2.75, 3.05) is 7.11 Å². The van der Waals surface area contributed by atoms with Crippen LogP contribution in [0.5, 0.6) is 17.4 Å². The molecule has 1 saturated carbocycles. The van der Waals surface area contributed by atoms with Gasteiger partial charge in [-0.2, -0.15) is 4.98 Å². The Morgan fingerprint density at radius 3 is 2.68 bits per heavy atom. The molecule has 5 rings (SSSR count). The molecule has 1 aromatic heterocycles. The molecule has 1 N–H and O–H groups in total. The summed E-state index contributed by atoms with van der Waals surface area (Å²) in [5.41, 5.74) is 3.84. The number of aryl methyl sites for hydroxylation is 1. The Balaban J connectivity index is 1.62. The summed E-state index contributed by atoms with van der Waals surface area (Å²) in [6.07, 6.45) is 5.66. The van der Waals surface area contributed by atoms with Gasteiger partial charge in [0.05, 0.1) is 23.5 Å². The van der Waals surface area contributed by atoms with E-state index in [9.17, 15) is 5.11 Å². The third-order valence-corrected chi connectivity index (χ3v) is 7.00. The van der Waals surface area contributed by atoms with Crippen LogP contribution in [0.2, 0.25) is 10.0 Å². The Morgan fingerprint density at radius 1 is 1.12 bits per heavy atom. The summed E-state index contributed by atoms with van der Waals surface area (Å²) < 4.78 is 11.8. The number of ether oxygens (including phenoxy) is 2. The van der Waals surface area contributed by atoms with Crippen LogP contribution in [0, 0.1) is 5.92 Å². The number of hydrogen-bond acceptors (Lipinski definition) is 6. The highest BCUT2D eigenvalue weighted by Gasteiger charge is 2.41. The Morgan fingerprint density at radius 2 is 1.94 bits per heavy atom. The van der Waals surface area contributed by atoms with E-state index in [-0.39, 0.29) is 17.3 Å². The van der Waals surface area contributed by atoms with Gasteiger partial charge in [0.15, 0.2) is 0 Å². The zero-order chi connectivity index (χ0) is 23.9. The van der Waals surface area contributed by atoms with Gasteiger partial charge in [-0.25, -0.2) is 9.98 Å². The Hall–Kier alpha value is -2.83. The molecule has 1 aliphatic heterocycles. The monoisotopic (exact) mass is 497 g/mol. The number of aromatic nitrogens is 2. The molecule has 0 spiro atoms. The average molecular weight is 498 g/mol. The SMILES string of the molecule is COc1ccc(Cl)cc1CC1CCc2ncnc(OC3(C)CC3)c2N=C1c1ccc(O)cc1Cl. The number of methoxy groups -OCH3 is 1. The number of phenolic OH excluding ortho intramolecular Hbond substituents is 1. The first-order chi connectivity index (χ1) is 16.3. The first-order valence-electron chi connectivity index (χ1n) is 11.3. The van der Waals surface area contributed by atoms with Crippen molar-refractivity contribution < 1.29 is 14.6 Å². The van der Waals surface area contributed by atoms with E-state index in [1.54, 1.807) is 25.6 Å². The maximum absolute atomic E-state index is 9.93. The largest absolute Gasteiger partial charge is 0.508 e. The summed E-state index contributed by atoms with van der Waals surface area (Å²) in [5.74, 6) is 1.37. The molecule has 34 heavy (non-hydrogen) atoms. The summed E-state index contributed by atoms with van der Waals surface area (Å²) in [6, 6.07) is 10.6. The fraction of sp³-hybridized carbons (Fsp3) is 0.346. The van der Waals surface area contributed by atoms with Gasteiger partial charge < -0.3 is 14.6 Å². The number of aromatic hydroxyl groups is 1. The summed E-state index contributed by atoms with van der Waals surface area (Å²) in [5, 5.41) is 11.0. The van der Waals surface area contributed by atoms with E-state index in [1.165, 1.54) is 6.07 Å². The number of aliphatic imine (C=N–C) groups is 1. The Labute approximate surface area is 208 Å². The van der Waals surface area contributed by atoms with Crippen molar-refractivity contribution in [3.8, 4) is 17.4 Å². The van der Waals surface area contributed by atoms with Crippen molar-refractivity contribution in [1.82, 2.24) is 9.97 Å². The maximum Gasteiger partial charge on any atom is 0.243 e. The molecule has 3 aromatic rings. The van der Waals surface area contributed by atoms with Crippen LogP contribution in [0.1, 0.15) is 43.0 Å². The van der Waals surface area contributed by atoms with Gasteiger partial charge in [0, 0.05) is 16.5 Å². The second kappa shape index (κ2) is 9.08. The Kier molecular flexibility index (Phi) is 6.13. The lowest BCUT2D eigenvalue weighted by Gasteiger charge is -2.20. The molecule has 0 saturated heterocycles. The minimum Gasteiger partial charge on any atom is -0.508 e. The van der Waals surface area contributed by atoms with E-state index in [0.29, 0.717) is 34.5 Å². The van der Waals surface area contributed by atoms with Gasteiger partial charge in [-0.1, -0.05) is 23.2 Å². The van der Waals surface area contributed by atoms with Gasteiger partial charge in [0.1, 0.15) is 29.1 Å². The topological polar surface area (TPSA) is 76.8 Å². The van der Waals surface area contributed by atoms with Crippen LogP contribution in [0.25, 0.3) is 0 Å². The average Bonchev–Trinajstić information content (AvgIpc) is 3.56. The molecule has 1 unspecified atom stereocenters. The Bertz CT molecular complexity index is 1270. The van der Waals surface area contributed by atoms with Gasteiger partial charge in [0.25, 0.3) is 0 Å². The lowest BCUT2D eigenvalue weighted by atomic mass is 9.86. The van der Waals surface area contributed by atoms with Crippen LogP contribution in [0.15, 0.2) is 47.7 Å². The van der Waals surface area contributed by atoms with Gasteiger partial charge in [-0.05, 0) is 81.0 Å². The molecule has 1 atom stereocenters. The molecule has 6 nitrogen and oxygen atoms in total. The van der Waals surface area contributed by atoms with Crippen molar-refractivity contribution in [2.24, 2.45) is 10.9 Å². The number of rotatable bonds is 6. The van der Waals surface area contributed by atoms with Gasteiger partial charge >= 0.3 is 0 Å². The molecule has 2 aliphatic rings. The van der Waals surface area contributed by atoms with Crippen LogP contribution in [0.3, 0.4) is 0 Å². The highest BCUT2D eigenvalue weighted by Crippen LogP contribution is 2.44. The number of nitrogens with zero attached hydrogens (tertiary/aromatic N) is 3. The van der Waals surface area contributed by atoms with Crippen LogP contribution in [-0.4, -0.2) is 33.5 Å². The van der Waals surface area contributed by atoms with E-state index in [1.807, 2.05) is 18.2 Å². The van der Waals surface area contributed by atoms with E-state index in [2.05, 4.69) is 16.9 Å². The standard InChI is InChI=1S/C26H25Cl2N3O3/c1-26(9-10-26)34-25-24-21(29-14-30-25)7-3-15(11-16-12-17(27)4-8-22(16)33-2)23(31-24)19-6-5-18(32)13-20(19)28/h4-6,8,12-15,32H,3,7,9-11H2,1-2H3. The maximum atomic E-state index is 9.93. The zero-order valence-electron chi connectivity index (χ0n) is 19.0. The van der Waals surface area contributed by atoms with Crippen LogP contribution in [0.4, 0.5) is 5.69 Å². The highest BCUT2D eigenvalue weighted by atomic mass is 35.5. The van der Waals surface area contributed by atoms with Crippen LogP contribution in [-0.2, 0) is 12.8 Å². The molecule has 0 bridgehead atoms. The van der Waals surface area contributed by atoms with Crippen LogP contribution < -0.4 is 9.47 Å². The normalized spacial score (nSPS) is 18.5. The smallest absolute Gasteiger partial charge is 0.243 e. The molecule has 2 heterocycles. The summed E-state index contributed by atoms with van der Waals surface area (Å²) in [4.78, 5) is 14.0. The minimum atomic E-state index is -0.201. The van der Waals surface area contributed by atoms with Gasteiger partial charge in [-0.15, -0.1) is 0 Å². The number of fused-ring (bicyclic) bond motifs is 1. The third-order valence-electron chi connectivity index (χ3n) is 6.45. The van der Waals surface area contributed by atoms with Gasteiger partial charge in [0.2, 0.25) is 5.88 Å². The number of halogens is 2. The van der Waals surface area contributed by atoms with E-state index >= 15 is 0 Å². The van der Waals surface area contributed by atoms with Crippen molar-refractivity contribution >= 4 is 34.6 Å². The number of benzene rings is 2. The molecule has 8 heteroatoms. The fourth-order valence-corrected chi connectivity index (χ4v) is 4.77. The molecular weight excluding hydrogens is 473 g/mol. The number of phenols is 1. The quantitative estimate of drug-likeness (QED) is 0.428. The molecule has 2 aromatic carbocycles. The first kappa shape index (κ1) is 22.9. The lowest BCUT2D eigenvalue weighted by Crippen LogP contribution is -2.19. The molecule has 176 valence electrons. The number of hydrogen-bond donors (Lipinski definition) is 1. The highest BCUT2D eigenvalue weighted by molar-refractivity contribution is 6.34. The van der Waals surface area contributed by atoms with Crippen molar-refractivity contribution in [1.29, 1.82) is 0 Å². The molecular formula is C26H25Cl2N3O3.